The SMILES string of the molecule is CCCCNCc1sc(-c2ccncc2)nc1C(C)(C)C. The molecule has 1 N–H and O–H groups in total. The van der Waals surface area contributed by atoms with Gasteiger partial charge in [-0.25, -0.2) is 4.98 Å². The van der Waals surface area contributed by atoms with Gasteiger partial charge >= 0.3 is 0 Å². The molecule has 21 heavy (non-hydrogen) atoms. The lowest BCUT2D eigenvalue weighted by Crippen LogP contribution is -2.19. The maximum absolute atomic E-state index is 4.90. The van der Waals surface area contributed by atoms with Gasteiger partial charge in [-0.2, -0.15) is 0 Å². The van der Waals surface area contributed by atoms with E-state index in [9.17, 15) is 0 Å². The summed E-state index contributed by atoms with van der Waals surface area (Å²) in [6.07, 6.45) is 6.10. The quantitative estimate of drug-likeness (QED) is 0.804. The summed E-state index contributed by atoms with van der Waals surface area (Å²) in [7, 11) is 0. The van der Waals surface area contributed by atoms with Crippen molar-refractivity contribution in [1.29, 1.82) is 0 Å². The van der Waals surface area contributed by atoms with Gasteiger partial charge in [-0.05, 0) is 25.1 Å². The maximum atomic E-state index is 4.90. The first-order valence-electron chi connectivity index (χ1n) is 7.63. The molecule has 0 unspecified atom stereocenters. The van der Waals surface area contributed by atoms with Crippen molar-refractivity contribution in [2.45, 2.75) is 52.5 Å². The maximum Gasteiger partial charge on any atom is 0.124 e. The van der Waals surface area contributed by atoms with Crippen molar-refractivity contribution in [1.82, 2.24) is 15.3 Å². The van der Waals surface area contributed by atoms with E-state index in [1.807, 2.05) is 24.5 Å². The zero-order valence-corrected chi connectivity index (χ0v) is 14.3. The number of nitrogens with one attached hydrogen (secondary N) is 1. The second-order valence-corrected chi connectivity index (χ2v) is 7.39. The highest BCUT2D eigenvalue weighted by atomic mass is 32.1. The third kappa shape index (κ3) is 4.35. The third-order valence-electron chi connectivity index (χ3n) is 3.33. The summed E-state index contributed by atoms with van der Waals surface area (Å²) in [5, 5.41) is 4.63. The Morgan fingerprint density at radius 3 is 2.52 bits per heavy atom. The summed E-state index contributed by atoms with van der Waals surface area (Å²) in [5.41, 5.74) is 2.44. The van der Waals surface area contributed by atoms with E-state index in [-0.39, 0.29) is 5.41 Å². The van der Waals surface area contributed by atoms with Crippen LogP contribution in [-0.2, 0) is 12.0 Å². The summed E-state index contributed by atoms with van der Waals surface area (Å²) in [6.45, 7) is 10.9. The number of rotatable bonds is 6. The molecule has 0 spiro atoms. The van der Waals surface area contributed by atoms with Gasteiger partial charge in [0.2, 0.25) is 0 Å². The monoisotopic (exact) mass is 303 g/mol. The molecule has 0 saturated carbocycles. The van der Waals surface area contributed by atoms with Gasteiger partial charge in [0.25, 0.3) is 0 Å². The van der Waals surface area contributed by atoms with E-state index in [0.717, 1.165) is 23.7 Å². The summed E-state index contributed by atoms with van der Waals surface area (Å²) in [5.74, 6) is 0. The molecule has 114 valence electrons. The Balaban J connectivity index is 2.23. The molecule has 0 radical (unpaired) electrons. The first kappa shape index (κ1) is 16.1. The molecule has 0 saturated heterocycles. The van der Waals surface area contributed by atoms with Crippen molar-refractivity contribution in [3.8, 4) is 10.6 Å². The molecule has 0 atom stereocenters. The highest BCUT2D eigenvalue weighted by Gasteiger charge is 2.23. The summed E-state index contributed by atoms with van der Waals surface area (Å²) in [4.78, 5) is 10.3. The Morgan fingerprint density at radius 2 is 1.90 bits per heavy atom. The molecule has 0 fully saturated rings. The van der Waals surface area contributed by atoms with E-state index in [1.54, 1.807) is 11.3 Å². The van der Waals surface area contributed by atoms with Crippen LogP contribution in [0.1, 0.15) is 51.1 Å². The molecule has 2 aromatic heterocycles. The summed E-state index contributed by atoms with van der Waals surface area (Å²) in [6, 6.07) is 4.05. The molecule has 0 aliphatic heterocycles. The second-order valence-electron chi connectivity index (χ2n) is 6.31. The fourth-order valence-corrected chi connectivity index (χ4v) is 3.43. The number of hydrogen-bond donors (Lipinski definition) is 1. The predicted octanol–water partition coefficient (Wildman–Crippen LogP) is 4.39. The normalized spacial score (nSPS) is 11.8. The Morgan fingerprint density at radius 1 is 1.19 bits per heavy atom. The molecule has 0 bridgehead atoms. The molecule has 2 aromatic rings. The molecule has 3 nitrogen and oxygen atoms in total. The van der Waals surface area contributed by atoms with Crippen LogP contribution in [-0.4, -0.2) is 16.5 Å². The minimum absolute atomic E-state index is 0.0730. The topological polar surface area (TPSA) is 37.8 Å². The number of nitrogens with zero attached hydrogens (tertiary/aromatic N) is 2. The summed E-state index contributed by atoms with van der Waals surface area (Å²) < 4.78 is 0. The first-order valence-corrected chi connectivity index (χ1v) is 8.45. The number of pyridine rings is 1. The predicted molar refractivity (Wildman–Crippen MR) is 90.7 cm³/mol. The van der Waals surface area contributed by atoms with E-state index in [0.29, 0.717) is 0 Å². The number of aromatic nitrogens is 2. The van der Waals surface area contributed by atoms with Gasteiger partial charge < -0.3 is 5.32 Å². The minimum Gasteiger partial charge on any atom is -0.312 e. The second kappa shape index (κ2) is 7.14. The average Bonchev–Trinajstić information content (AvgIpc) is 2.89. The van der Waals surface area contributed by atoms with Gasteiger partial charge in [-0.3, -0.25) is 4.98 Å². The van der Waals surface area contributed by atoms with Crippen LogP contribution in [0.5, 0.6) is 0 Å². The summed E-state index contributed by atoms with van der Waals surface area (Å²) >= 11 is 1.80. The molecule has 2 rings (SSSR count). The fraction of sp³-hybridized carbons (Fsp3) is 0.529. The van der Waals surface area contributed by atoms with Crippen molar-refractivity contribution in [3.63, 3.8) is 0 Å². The van der Waals surface area contributed by atoms with Gasteiger partial charge in [0.15, 0.2) is 0 Å². The van der Waals surface area contributed by atoms with Crippen LogP contribution in [0.4, 0.5) is 0 Å². The largest absolute Gasteiger partial charge is 0.312 e. The van der Waals surface area contributed by atoms with E-state index < -0.39 is 0 Å². The van der Waals surface area contributed by atoms with Crippen molar-refractivity contribution < 1.29 is 0 Å². The van der Waals surface area contributed by atoms with Crippen LogP contribution in [0.3, 0.4) is 0 Å². The number of unbranched alkanes of at least 4 members (excludes halogenated alkanes) is 1. The van der Waals surface area contributed by atoms with E-state index >= 15 is 0 Å². The van der Waals surface area contributed by atoms with Crippen LogP contribution in [0, 0.1) is 0 Å². The van der Waals surface area contributed by atoms with E-state index in [1.165, 1.54) is 23.4 Å². The first-order chi connectivity index (χ1) is 10.0. The highest BCUT2D eigenvalue weighted by Crippen LogP contribution is 2.34. The molecule has 2 heterocycles. The van der Waals surface area contributed by atoms with Crippen molar-refractivity contribution in [3.05, 3.63) is 35.1 Å². The Labute approximate surface area is 131 Å². The zero-order valence-electron chi connectivity index (χ0n) is 13.4. The minimum atomic E-state index is 0.0730. The van der Waals surface area contributed by atoms with Gasteiger partial charge in [-0.15, -0.1) is 11.3 Å². The molecular formula is C17H25N3S. The van der Waals surface area contributed by atoms with Crippen LogP contribution >= 0.6 is 11.3 Å². The molecular weight excluding hydrogens is 278 g/mol. The molecule has 0 aliphatic rings. The average molecular weight is 303 g/mol. The number of hydrogen-bond acceptors (Lipinski definition) is 4. The van der Waals surface area contributed by atoms with Gasteiger partial charge in [-0.1, -0.05) is 34.1 Å². The van der Waals surface area contributed by atoms with Crippen LogP contribution in [0.15, 0.2) is 24.5 Å². The Bertz CT molecular complexity index is 555. The zero-order chi connectivity index (χ0) is 15.3. The lowest BCUT2D eigenvalue weighted by Gasteiger charge is -2.17. The fourth-order valence-electron chi connectivity index (χ4n) is 2.18. The Kier molecular flexibility index (Phi) is 5.48. The smallest absolute Gasteiger partial charge is 0.124 e. The van der Waals surface area contributed by atoms with Crippen LogP contribution in [0.2, 0.25) is 0 Å². The third-order valence-corrected chi connectivity index (χ3v) is 4.43. The molecule has 0 amide bonds. The van der Waals surface area contributed by atoms with Crippen molar-refractivity contribution in [2.75, 3.05) is 6.54 Å². The van der Waals surface area contributed by atoms with E-state index in [2.05, 4.69) is 38.0 Å². The lowest BCUT2D eigenvalue weighted by atomic mass is 9.91. The van der Waals surface area contributed by atoms with Gasteiger partial charge in [0.1, 0.15) is 5.01 Å². The Hall–Kier alpha value is -1.26. The van der Waals surface area contributed by atoms with Crippen LogP contribution < -0.4 is 5.32 Å². The highest BCUT2D eigenvalue weighted by molar-refractivity contribution is 7.15. The van der Waals surface area contributed by atoms with Crippen molar-refractivity contribution in [2.24, 2.45) is 0 Å². The van der Waals surface area contributed by atoms with E-state index in [4.69, 9.17) is 4.98 Å². The van der Waals surface area contributed by atoms with Gasteiger partial charge in [0, 0.05) is 34.8 Å². The molecule has 0 aromatic carbocycles. The van der Waals surface area contributed by atoms with Crippen LogP contribution in [0.25, 0.3) is 10.6 Å². The lowest BCUT2D eigenvalue weighted by molar-refractivity contribution is 0.557. The molecule has 4 heteroatoms. The standard InChI is InChI=1S/C17H25N3S/c1-5-6-9-19-12-14-15(17(2,3)4)20-16(21-14)13-7-10-18-11-8-13/h7-8,10-11,19H,5-6,9,12H2,1-4H3. The molecule has 0 aliphatic carbocycles. The van der Waals surface area contributed by atoms with Crippen molar-refractivity contribution >= 4 is 11.3 Å². The number of thiazole rings is 1. The van der Waals surface area contributed by atoms with Gasteiger partial charge in [0.05, 0.1) is 5.69 Å².